The topological polar surface area (TPSA) is 147 Å². The molecule has 34 heavy (non-hydrogen) atoms. The number of ether oxygens (including phenoxy) is 1. The van der Waals surface area contributed by atoms with Crippen molar-refractivity contribution in [3.63, 3.8) is 0 Å². The summed E-state index contributed by atoms with van der Waals surface area (Å²) in [7, 11) is 1.49. The number of nitrogens with one attached hydrogen (secondary N) is 2. The Morgan fingerprint density at radius 3 is 2.59 bits per heavy atom. The second-order valence-corrected chi connectivity index (χ2v) is 7.67. The van der Waals surface area contributed by atoms with E-state index in [2.05, 4.69) is 20.5 Å². The molecule has 0 spiro atoms. The number of benzene rings is 2. The van der Waals surface area contributed by atoms with Gasteiger partial charge in [0.25, 0.3) is 5.56 Å². The van der Waals surface area contributed by atoms with Crippen LogP contribution in [0, 0.1) is 0 Å². The van der Waals surface area contributed by atoms with Crippen LogP contribution in [0.5, 0.6) is 11.5 Å². The molecule has 11 heteroatoms. The van der Waals surface area contributed by atoms with Gasteiger partial charge in [0, 0.05) is 7.05 Å². The molecule has 0 fully saturated rings. The van der Waals surface area contributed by atoms with Crippen molar-refractivity contribution in [2.24, 2.45) is 12.1 Å². The number of phenols is 1. The van der Waals surface area contributed by atoms with Crippen molar-refractivity contribution in [2.45, 2.75) is 19.6 Å². The Morgan fingerprint density at radius 2 is 1.88 bits per heavy atom. The van der Waals surface area contributed by atoms with Crippen LogP contribution in [0.2, 0.25) is 0 Å². The number of aliphatic hydroxyl groups is 1. The van der Waals surface area contributed by atoms with E-state index in [1.807, 2.05) is 18.2 Å². The summed E-state index contributed by atoms with van der Waals surface area (Å²) in [5, 5.41) is 24.4. The van der Waals surface area contributed by atoms with Gasteiger partial charge in [0.05, 0.1) is 12.3 Å². The Balaban J connectivity index is 1.65. The SMILES string of the molecule is C/C(=N/Nc1nc2c(c(=O)[nH]c(=O)n2C)n1C[C@H](O)COc1ccccc1)c1ccc(O)cc1. The molecule has 1 atom stereocenters. The summed E-state index contributed by atoms with van der Waals surface area (Å²) in [5.74, 6) is 0.904. The van der Waals surface area contributed by atoms with Gasteiger partial charge >= 0.3 is 5.69 Å². The number of para-hydroxylation sites is 1. The maximum Gasteiger partial charge on any atom is 0.329 e. The number of aromatic hydroxyl groups is 1. The van der Waals surface area contributed by atoms with Crippen molar-refractivity contribution >= 4 is 22.8 Å². The van der Waals surface area contributed by atoms with E-state index in [4.69, 9.17) is 4.74 Å². The van der Waals surface area contributed by atoms with Crippen molar-refractivity contribution in [2.75, 3.05) is 12.0 Å². The van der Waals surface area contributed by atoms with Crippen LogP contribution in [0.25, 0.3) is 11.2 Å². The van der Waals surface area contributed by atoms with E-state index in [-0.39, 0.29) is 36.0 Å². The number of hydrogen-bond donors (Lipinski definition) is 4. The van der Waals surface area contributed by atoms with Crippen molar-refractivity contribution < 1.29 is 14.9 Å². The normalized spacial score (nSPS) is 12.6. The summed E-state index contributed by atoms with van der Waals surface area (Å²) in [6.45, 7) is 1.70. The number of aliphatic hydroxyl groups excluding tert-OH is 1. The Kier molecular flexibility index (Phi) is 6.46. The second-order valence-electron chi connectivity index (χ2n) is 7.67. The average Bonchev–Trinajstić information content (AvgIpc) is 3.19. The fourth-order valence-corrected chi connectivity index (χ4v) is 3.37. The van der Waals surface area contributed by atoms with Gasteiger partial charge in [-0.3, -0.25) is 14.3 Å². The largest absolute Gasteiger partial charge is 0.508 e. The van der Waals surface area contributed by atoms with Gasteiger partial charge in [-0.25, -0.2) is 10.2 Å². The first kappa shape index (κ1) is 22.8. The lowest BCUT2D eigenvalue weighted by Gasteiger charge is -2.15. The molecular formula is C23H24N6O5. The van der Waals surface area contributed by atoms with E-state index in [9.17, 15) is 19.8 Å². The zero-order chi connectivity index (χ0) is 24.2. The molecule has 176 valence electrons. The summed E-state index contributed by atoms with van der Waals surface area (Å²) >= 11 is 0. The number of phenolic OH excluding ortho intramolecular Hbond substituents is 1. The molecule has 4 rings (SSSR count). The minimum atomic E-state index is -0.989. The standard InChI is InChI=1S/C23H24N6O5/c1-14(15-8-10-16(30)11-9-15)26-27-22-24-20-19(21(32)25-23(33)28(20)2)29(22)12-17(31)13-34-18-6-4-3-5-7-18/h3-11,17,30-31H,12-13H2,1-2H3,(H,24,27)(H,25,32,33)/b26-14-/t17-/m0/s1. The zero-order valence-corrected chi connectivity index (χ0v) is 18.6. The lowest BCUT2D eigenvalue weighted by atomic mass is 10.1. The maximum absolute atomic E-state index is 12.6. The fourth-order valence-electron chi connectivity index (χ4n) is 3.37. The van der Waals surface area contributed by atoms with E-state index in [0.717, 1.165) is 5.56 Å². The van der Waals surface area contributed by atoms with Crippen LogP contribution in [-0.4, -0.2) is 47.7 Å². The molecule has 0 radical (unpaired) electrons. The van der Waals surface area contributed by atoms with Crippen molar-refractivity contribution in [3.05, 3.63) is 81.0 Å². The predicted molar refractivity (Wildman–Crippen MR) is 127 cm³/mol. The molecule has 0 saturated carbocycles. The van der Waals surface area contributed by atoms with Crippen LogP contribution in [0.3, 0.4) is 0 Å². The van der Waals surface area contributed by atoms with Crippen LogP contribution in [-0.2, 0) is 13.6 Å². The number of hydrogen-bond acceptors (Lipinski definition) is 8. The van der Waals surface area contributed by atoms with E-state index >= 15 is 0 Å². The van der Waals surface area contributed by atoms with Crippen LogP contribution in [0.15, 0.2) is 69.3 Å². The van der Waals surface area contributed by atoms with E-state index in [1.165, 1.54) is 16.2 Å². The minimum Gasteiger partial charge on any atom is -0.508 e. The number of aryl methyl sites for hydroxylation is 1. The Morgan fingerprint density at radius 1 is 1.18 bits per heavy atom. The number of aromatic amines is 1. The predicted octanol–water partition coefficient (Wildman–Crippen LogP) is 1.40. The lowest BCUT2D eigenvalue weighted by Crippen LogP contribution is -2.30. The number of anilines is 1. The van der Waals surface area contributed by atoms with Crippen LogP contribution in [0.1, 0.15) is 12.5 Å². The fraction of sp³-hybridized carbons (Fsp3) is 0.217. The van der Waals surface area contributed by atoms with Crippen molar-refractivity contribution in [1.29, 1.82) is 0 Å². The molecule has 0 saturated heterocycles. The number of rotatable bonds is 8. The third-order valence-corrected chi connectivity index (χ3v) is 5.19. The van der Waals surface area contributed by atoms with Crippen LogP contribution < -0.4 is 21.4 Å². The highest BCUT2D eigenvalue weighted by Crippen LogP contribution is 2.18. The lowest BCUT2D eigenvalue weighted by molar-refractivity contribution is 0.0938. The van der Waals surface area contributed by atoms with Crippen molar-refractivity contribution in [1.82, 2.24) is 19.1 Å². The number of fused-ring (bicyclic) bond motifs is 1. The summed E-state index contributed by atoms with van der Waals surface area (Å²) in [4.78, 5) is 31.3. The first-order valence-electron chi connectivity index (χ1n) is 10.5. The third-order valence-electron chi connectivity index (χ3n) is 5.19. The molecule has 4 N–H and O–H groups in total. The molecule has 11 nitrogen and oxygen atoms in total. The molecule has 0 bridgehead atoms. The highest BCUT2D eigenvalue weighted by Gasteiger charge is 2.20. The minimum absolute atomic E-state index is 0.0252. The Bertz CT molecular complexity index is 1440. The van der Waals surface area contributed by atoms with Gasteiger partial charge in [-0.1, -0.05) is 18.2 Å². The van der Waals surface area contributed by atoms with Gasteiger partial charge in [-0.2, -0.15) is 10.1 Å². The van der Waals surface area contributed by atoms with E-state index in [1.54, 1.807) is 43.3 Å². The van der Waals surface area contributed by atoms with Crippen LogP contribution in [0.4, 0.5) is 5.95 Å². The second kappa shape index (κ2) is 9.63. The third kappa shape index (κ3) is 4.84. The first-order chi connectivity index (χ1) is 16.3. The highest BCUT2D eigenvalue weighted by molar-refractivity contribution is 5.99. The molecule has 0 aliphatic carbocycles. The monoisotopic (exact) mass is 464 g/mol. The molecule has 2 aromatic heterocycles. The van der Waals surface area contributed by atoms with Crippen LogP contribution >= 0.6 is 0 Å². The first-order valence-corrected chi connectivity index (χ1v) is 10.5. The smallest absolute Gasteiger partial charge is 0.329 e. The summed E-state index contributed by atoms with van der Waals surface area (Å²) in [6.07, 6.45) is -0.989. The van der Waals surface area contributed by atoms with Gasteiger partial charge in [0.2, 0.25) is 5.95 Å². The molecular weight excluding hydrogens is 440 g/mol. The number of hydrazone groups is 1. The maximum atomic E-state index is 12.6. The van der Waals surface area contributed by atoms with Gasteiger partial charge in [0.1, 0.15) is 24.2 Å². The molecule has 0 aliphatic rings. The Labute approximate surface area is 193 Å². The summed E-state index contributed by atoms with van der Waals surface area (Å²) in [5.41, 5.74) is 3.20. The molecule has 0 amide bonds. The molecule has 2 heterocycles. The number of H-pyrrole nitrogens is 1. The van der Waals surface area contributed by atoms with Gasteiger partial charge in [-0.15, -0.1) is 0 Å². The van der Waals surface area contributed by atoms with Gasteiger partial charge < -0.3 is 19.5 Å². The van der Waals surface area contributed by atoms with Crippen molar-refractivity contribution in [3.8, 4) is 11.5 Å². The van der Waals surface area contributed by atoms with Gasteiger partial charge in [-0.05, 0) is 48.9 Å². The van der Waals surface area contributed by atoms with E-state index < -0.39 is 17.4 Å². The summed E-state index contributed by atoms with van der Waals surface area (Å²) in [6, 6.07) is 15.5. The number of aromatic nitrogens is 4. The molecule has 4 aromatic rings. The zero-order valence-electron chi connectivity index (χ0n) is 18.6. The Hall–Kier alpha value is -4.38. The number of imidazole rings is 1. The van der Waals surface area contributed by atoms with E-state index in [0.29, 0.717) is 11.5 Å². The molecule has 0 unspecified atom stereocenters. The summed E-state index contributed by atoms with van der Waals surface area (Å²) < 4.78 is 8.28. The van der Waals surface area contributed by atoms with Gasteiger partial charge in [0.15, 0.2) is 11.2 Å². The molecule has 0 aliphatic heterocycles. The highest BCUT2D eigenvalue weighted by atomic mass is 16.5. The average molecular weight is 464 g/mol. The number of nitrogens with zero attached hydrogens (tertiary/aromatic N) is 4. The quantitative estimate of drug-likeness (QED) is 0.228. The molecule has 2 aromatic carbocycles.